The molecule has 0 saturated carbocycles. The number of fused-ring (bicyclic) bond motifs is 3. The molecule has 0 bridgehead atoms. The van der Waals surface area contributed by atoms with Crippen LogP contribution in [0.25, 0.3) is 11.0 Å². The molecule has 28 heavy (non-hydrogen) atoms. The number of halogens is 1. The Kier molecular flexibility index (Phi) is 4.39. The molecule has 0 atom stereocenters. The minimum absolute atomic E-state index is 0.560. The molecule has 7 heteroatoms. The molecule has 0 aliphatic carbocycles. The fraction of sp³-hybridized carbons (Fsp3) is 0.429. The topological polar surface area (TPSA) is 74.1 Å². The predicted octanol–water partition coefficient (Wildman–Crippen LogP) is 3.04. The van der Waals surface area contributed by atoms with Gasteiger partial charge in [-0.3, -0.25) is 10.00 Å². The Balaban J connectivity index is 1.52. The molecule has 0 spiro atoms. The lowest BCUT2D eigenvalue weighted by atomic mass is 9.96. The molecule has 1 aromatic carbocycles. The molecule has 3 N–H and O–H groups in total. The fourth-order valence-corrected chi connectivity index (χ4v) is 4.49. The van der Waals surface area contributed by atoms with E-state index >= 15 is 0 Å². The van der Waals surface area contributed by atoms with Crippen molar-refractivity contribution in [1.29, 1.82) is 0 Å². The molecule has 0 radical (unpaired) electrons. The summed E-state index contributed by atoms with van der Waals surface area (Å²) in [6.45, 7) is 4.10. The third-order valence-electron chi connectivity index (χ3n) is 5.96. The molecule has 6 nitrogen and oxygen atoms in total. The summed E-state index contributed by atoms with van der Waals surface area (Å²) in [6.07, 6.45) is 1.33. The SMILES string of the molecule is Nc1[nH]nc2nc(N3CCC(F)CC3)c3c(c12)CCN(Cc1ccccc1)C3. The number of hydrogen-bond donors (Lipinski definition) is 2. The minimum Gasteiger partial charge on any atom is -0.384 e. The Bertz CT molecular complexity index is 977. The first kappa shape index (κ1) is 17.4. The third-order valence-corrected chi connectivity index (χ3v) is 5.96. The maximum atomic E-state index is 13.7. The summed E-state index contributed by atoms with van der Waals surface area (Å²) in [4.78, 5) is 9.53. The van der Waals surface area contributed by atoms with Gasteiger partial charge in [-0.2, -0.15) is 5.10 Å². The van der Waals surface area contributed by atoms with Crippen molar-refractivity contribution in [3.8, 4) is 0 Å². The average molecular weight is 380 g/mol. The number of rotatable bonds is 3. The molecular formula is C21H25FN6. The van der Waals surface area contributed by atoms with Crippen LogP contribution in [0.4, 0.5) is 16.0 Å². The lowest BCUT2D eigenvalue weighted by Crippen LogP contribution is -2.38. The standard InChI is InChI=1S/C21H25FN6/c22-15-6-10-28(11-7-15)21-17-13-27(12-14-4-2-1-3-5-14)9-8-16(17)18-19(23)25-26-20(18)24-21/h1-5,15H,6-13H2,(H3,23,24,25,26). The summed E-state index contributed by atoms with van der Waals surface area (Å²) < 4.78 is 13.7. The van der Waals surface area contributed by atoms with Crippen molar-refractivity contribution in [3.05, 3.63) is 47.0 Å². The number of piperidine rings is 1. The lowest BCUT2D eigenvalue weighted by molar-refractivity contribution is 0.245. The van der Waals surface area contributed by atoms with Crippen LogP contribution < -0.4 is 10.6 Å². The summed E-state index contributed by atoms with van der Waals surface area (Å²) in [5.74, 6) is 1.54. The van der Waals surface area contributed by atoms with Crippen LogP contribution >= 0.6 is 0 Å². The molecule has 2 aromatic heterocycles. The van der Waals surface area contributed by atoms with Crippen molar-refractivity contribution in [3.63, 3.8) is 0 Å². The van der Waals surface area contributed by atoms with Crippen LogP contribution in [0.2, 0.25) is 0 Å². The number of aromatic amines is 1. The molecule has 5 rings (SSSR count). The minimum atomic E-state index is -0.702. The van der Waals surface area contributed by atoms with Gasteiger partial charge in [0.25, 0.3) is 0 Å². The van der Waals surface area contributed by atoms with E-state index in [1.165, 1.54) is 16.7 Å². The second-order valence-electron chi connectivity index (χ2n) is 7.84. The number of benzene rings is 1. The number of hydrogen-bond acceptors (Lipinski definition) is 5. The highest BCUT2D eigenvalue weighted by Crippen LogP contribution is 2.36. The van der Waals surface area contributed by atoms with Gasteiger partial charge in [-0.05, 0) is 30.4 Å². The number of nitrogens with one attached hydrogen (secondary N) is 1. The molecule has 2 aliphatic rings. The molecule has 1 saturated heterocycles. The van der Waals surface area contributed by atoms with E-state index in [1.54, 1.807) is 0 Å². The molecule has 146 valence electrons. The first-order chi connectivity index (χ1) is 13.7. The molecule has 4 heterocycles. The maximum Gasteiger partial charge on any atom is 0.185 e. The summed E-state index contributed by atoms with van der Waals surface area (Å²) in [7, 11) is 0. The van der Waals surface area contributed by atoms with Crippen molar-refractivity contribution in [2.75, 3.05) is 30.3 Å². The van der Waals surface area contributed by atoms with Crippen molar-refractivity contribution < 1.29 is 4.39 Å². The number of nitrogens with two attached hydrogens (primary N) is 1. The highest BCUT2D eigenvalue weighted by molar-refractivity contribution is 5.92. The molecule has 0 amide bonds. The molecule has 1 fully saturated rings. The van der Waals surface area contributed by atoms with Gasteiger partial charge < -0.3 is 10.6 Å². The van der Waals surface area contributed by atoms with Crippen molar-refractivity contribution in [2.24, 2.45) is 0 Å². The van der Waals surface area contributed by atoms with Crippen molar-refractivity contribution in [1.82, 2.24) is 20.1 Å². The highest BCUT2D eigenvalue weighted by Gasteiger charge is 2.29. The van der Waals surface area contributed by atoms with Gasteiger partial charge in [0.05, 0.1) is 5.39 Å². The number of H-pyrrole nitrogens is 1. The van der Waals surface area contributed by atoms with Gasteiger partial charge in [0.1, 0.15) is 17.8 Å². The smallest absolute Gasteiger partial charge is 0.185 e. The van der Waals surface area contributed by atoms with Crippen LogP contribution in [-0.4, -0.2) is 45.9 Å². The summed E-state index contributed by atoms with van der Waals surface area (Å²) in [5.41, 5.74) is 10.6. The van der Waals surface area contributed by atoms with Crippen LogP contribution in [0.5, 0.6) is 0 Å². The number of nitrogens with zero attached hydrogens (tertiary/aromatic N) is 4. The Labute approximate surface area is 163 Å². The van der Waals surface area contributed by atoms with Gasteiger partial charge in [0.2, 0.25) is 0 Å². The second-order valence-corrected chi connectivity index (χ2v) is 7.84. The van der Waals surface area contributed by atoms with E-state index in [0.29, 0.717) is 37.4 Å². The number of anilines is 2. The maximum absolute atomic E-state index is 13.7. The number of aromatic nitrogens is 3. The fourth-order valence-electron chi connectivity index (χ4n) is 4.49. The van der Waals surface area contributed by atoms with E-state index in [1.807, 2.05) is 6.07 Å². The molecular weight excluding hydrogens is 355 g/mol. The Morgan fingerprint density at radius 1 is 1.11 bits per heavy atom. The zero-order chi connectivity index (χ0) is 19.1. The van der Waals surface area contributed by atoms with Crippen LogP contribution in [0, 0.1) is 0 Å². The normalized spacial score (nSPS) is 18.5. The molecule has 2 aliphatic heterocycles. The zero-order valence-electron chi connectivity index (χ0n) is 15.9. The Morgan fingerprint density at radius 3 is 2.68 bits per heavy atom. The van der Waals surface area contributed by atoms with Gasteiger partial charge in [-0.25, -0.2) is 9.37 Å². The first-order valence-corrected chi connectivity index (χ1v) is 9.99. The van der Waals surface area contributed by atoms with Crippen LogP contribution in [0.3, 0.4) is 0 Å². The Hall–Kier alpha value is -2.67. The summed E-state index contributed by atoms with van der Waals surface area (Å²) in [5, 5.41) is 8.15. The van der Waals surface area contributed by atoms with E-state index in [2.05, 4.69) is 44.3 Å². The number of pyridine rings is 1. The van der Waals surface area contributed by atoms with E-state index in [-0.39, 0.29) is 0 Å². The van der Waals surface area contributed by atoms with E-state index in [9.17, 15) is 4.39 Å². The highest BCUT2D eigenvalue weighted by atomic mass is 19.1. The zero-order valence-corrected chi connectivity index (χ0v) is 15.9. The van der Waals surface area contributed by atoms with Crippen LogP contribution in [-0.2, 0) is 19.5 Å². The average Bonchev–Trinajstić information content (AvgIpc) is 3.10. The summed E-state index contributed by atoms with van der Waals surface area (Å²) >= 11 is 0. The summed E-state index contributed by atoms with van der Waals surface area (Å²) in [6, 6.07) is 10.5. The second kappa shape index (κ2) is 7.05. The van der Waals surface area contributed by atoms with Gasteiger partial charge in [-0.1, -0.05) is 30.3 Å². The first-order valence-electron chi connectivity index (χ1n) is 9.99. The number of alkyl halides is 1. The molecule has 3 aromatic rings. The predicted molar refractivity (Wildman–Crippen MR) is 109 cm³/mol. The van der Waals surface area contributed by atoms with Crippen LogP contribution in [0.1, 0.15) is 29.5 Å². The monoisotopic (exact) mass is 380 g/mol. The van der Waals surface area contributed by atoms with Gasteiger partial charge >= 0.3 is 0 Å². The van der Waals surface area contributed by atoms with Crippen molar-refractivity contribution >= 4 is 22.7 Å². The van der Waals surface area contributed by atoms with Gasteiger partial charge in [0, 0.05) is 38.3 Å². The lowest BCUT2D eigenvalue weighted by Gasteiger charge is -2.35. The third kappa shape index (κ3) is 3.09. The van der Waals surface area contributed by atoms with Crippen molar-refractivity contribution in [2.45, 2.75) is 38.5 Å². The largest absolute Gasteiger partial charge is 0.384 e. The van der Waals surface area contributed by atoms with E-state index in [0.717, 1.165) is 37.3 Å². The van der Waals surface area contributed by atoms with E-state index < -0.39 is 6.17 Å². The quantitative estimate of drug-likeness (QED) is 0.731. The van der Waals surface area contributed by atoms with Crippen LogP contribution in [0.15, 0.2) is 30.3 Å². The Morgan fingerprint density at radius 2 is 1.89 bits per heavy atom. The number of nitrogen functional groups attached to an aromatic ring is 1. The van der Waals surface area contributed by atoms with E-state index in [4.69, 9.17) is 10.7 Å². The van der Waals surface area contributed by atoms with Gasteiger partial charge in [0.15, 0.2) is 5.65 Å². The van der Waals surface area contributed by atoms with Gasteiger partial charge in [-0.15, -0.1) is 0 Å². The molecule has 0 unspecified atom stereocenters.